The first-order valence-electron chi connectivity index (χ1n) is 7.34. The number of aryl methyl sites for hydroxylation is 1. The molecule has 1 unspecified atom stereocenters. The molecule has 2 aromatic rings. The minimum absolute atomic E-state index is 0.0133. The second-order valence-corrected chi connectivity index (χ2v) is 5.60. The maximum Gasteiger partial charge on any atom is 0.324 e. The van der Waals surface area contributed by atoms with Crippen LogP contribution in [0, 0.1) is 0 Å². The summed E-state index contributed by atoms with van der Waals surface area (Å²) in [5.41, 5.74) is 5.34. The predicted octanol–water partition coefficient (Wildman–Crippen LogP) is 1.14. The summed E-state index contributed by atoms with van der Waals surface area (Å²) in [6.45, 7) is 2.33. The standard InChI is InChI=1S/C17H20N2O4/c1-2-19-11-15(21)14(20)8-13(19)10-17(18,16(22)23)9-12-6-4-3-5-7-12/h3-8,11,21H,2,9-10,18H2,1H3,(H,22,23). The van der Waals surface area contributed by atoms with Crippen molar-refractivity contribution in [2.75, 3.05) is 0 Å². The summed E-state index contributed by atoms with van der Waals surface area (Å²) in [7, 11) is 0. The van der Waals surface area contributed by atoms with E-state index in [1.54, 1.807) is 4.57 Å². The van der Waals surface area contributed by atoms with Gasteiger partial charge in [0, 0.05) is 31.1 Å². The predicted molar refractivity (Wildman–Crippen MR) is 86.4 cm³/mol. The first-order valence-corrected chi connectivity index (χ1v) is 7.34. The molecule has 6 nitrogen and oxygen atoms in total. The Bertz CT molecular complexity index is 755. The normalized spacial score (nSPS) is 13.5. The molecule has 2 rings (SSSR count). The molecular weight excluding hydrogens is 296 g/mol. The van der Waals surface area contributed by atoms with E-state index in [0.29, 0.717) is 12.2 Å². The Morgan fingerprint density at radius 3 is 2.48 bits per heavy atom. The molecule has 0 spiro atoms. The number of aromatic nitrogens is 1. The summed E-state index contributed by atoms with van der Waals surface area (Å²) in [4.78, 5) is 23.4. The van der Waals surface area contributed by atoms with Gasteiger partial charge in [0.05, 0.1) is 6.20 Å². The Labute approximate surface area is 133 Å². The number of aliphatic carboxylic acids is 1. The molecule has 0 amide bonds. The highest BCUT2D eigenvalue weighted by molar-refractivity contribution is 5.79. The van der Waals surface area contributed by atoms with Crippen molar-refractivity contribution in [3.8, 4) is 5.75 Å². The van der Waals surface area contributed by atoms with Crippen LogP contribution in [0.3, 0.4) is 0 Å². The second-order valence-electron chi connectivity index (χ2n) is 5.60. The zero-order valence-corrected chi connectivity index (χ0v) is 12.9. The fourth-order valence-electron chi connectivity index (χ4n) is 2.55. The van der Waals surface area contributed by atoms with Gasteiger partial charge < -0.3 is 20.5 Å². The van der Waals surface area contributed by atoms with E-state index in [2.05, 4.69) is 0 Å². The van der Waals surface area contributed by atoms with Gasteiger partial charge in [-0.3, -0.25) is 9.59 Å². The van der Waals surface area contributed by atoms with E-state index in [1.807, 2.05) is 37.3 Å². The molecule has 1 atom stereocenters. The Morgan fingerprint density at radius 2 is 1.91 bits per heavy atom. The highest BCUT2D eigenvalue weighted by Crippen LogP contribution is 2.18. The Kier molecular flexibility index (Phi) is 4.86. The number of pyridine rings is 1. The van der Waals surface area contributed by atoms with E-state index in [-0.39, 0.29) is 18.6 Å². The van der Waals surface area contributed by atoms with Gasteiger partial charge in [-0.25, -0.2) is 0 Å². The van der Waals surface area contributed by atoms with Crippen molar-refractivity contribution in [1.82, 2.24) is 4.57 Å². The van der Waals surface area contributed by atoms with Gasteiger partial charge in [-0.1, -0.05) is 30.3 Å². The lowest BCUT2D eigenvalue weighted by Gasteiger charge is -2.26. The zero-order chi connectivity index (χ0) is 17.0. The van der Waals surface area contributed by atoms with Crippen LogP contribution in [-0.4, -0.2) is 26.3 Å². The Hall–Kier alpha value is -2.60. The molecule has 0 saturated carbocycles. The summed E-state index contributed by atoms with van der Waals surface area (Å²) in [5.74, 6) is -1.50. The van der Waals surface area contributed by atoms with Gasteiger partial charge >= 0.3 is 5.97 Å². The van der Waals surface area contributed by atoms with Gasteiger partial charge in [-0.2, -0.15) is 0 Å². The van der Waals surface area contributed by atoms with E-state index in [9.17, 15) is 19.8 Å². The number of carbonyl (C=O) groups is 1. The Balaban J connectivity index is 2.38. The molecular formula is C17H20N2O4. The summed E-state index contributed by atoms with van der Waals surface area (Å²) in [6.07, 6.45) is 1.44. The van der Waals surface area contributed by atoms with Gasteiger partial charge in [0.2, 0.25) is 5.43 Å². The molecule has 1 aromatic carbocycles. The van der Waals surface area contributed by atoms with Crippen LogP contribution in [0.15, 0.2) is 47.4 Å². The first kappa shape index (κ1) is 16.8. The molecule has 0 saturated heterocycles. The molecule has 0 radical (unpaired) electrons. The molecule has 0 aliphatic heterocycles. The van der Waals surface area contributed by atoms with Gasteiger partial charge in [-0.05, 0) is 12.5 Å². The topological polar surface area (TPSA) is 106 Å². The average Bonchev–Trinajstić information content (AvgIpc) is 2.51. The third-order valence-electron chi connectivity index (χ3n) is 3.82. The van der Waals surface area contributed by atoms with E-state index in [4.69, 9.17) is 5.73 Å². The van der Waals surface area contributed by atoms with Crippen LogP contribution in [0.2, 0.25) is 0 Å². The molecule has 0 aliphatic rings. The molecule has 23 heavy (non-hydrogen) atoms. The lowest BCUT2D eigenvalue weighted by Crippen LogP contribution is -2.52. The smallest absolute Gasteiger partial charge is 0.324 e. The minimum Gasteiger partial charge on any atom is -0.503 e. The van der Waals surface area contributed by atoms with Crippen LogP contribution in [0.4, 0.5) is 0 Å². The van der Waals surface area contributed by atoms with Crippen molar-refractivity contribution in [2.24, 2.45) is 5.73 Å². The van der Waals surface area contributed by atoms with Gasteiger partial charge in [-0.15, -0.1) is 0 Å². The number of nitrogens with two attached hydrogens (primary N) is 1. The van der Waals surface area contributed by atoms with Crippen LogP contribution in [-0.2, 0) is 24.2 Å². The molecule has 1 aromatic heterocycles. The second kappa shape index (κ2) is 6.66. The van der Waals surface area contributed by atoms with Crippen LogP contribution < -0.4 is 11.2 Å². The lowest BCUT2D eigenvalue weighted by molar-refractivity contribution is -0.143. The summed E-state index contributed by atoms with van der Waals surface area (Å²) >= 11 is 0. The summed E-state index contributed by atoms with van der Waals surface area (Å²) in [5, 5.41) is 19.1. The van der Waals surface area contributed by atoms with Crippen molar-refractivity contribution in [1.29, 1.82) is 0 Å². The fraction of sp³-hybridized carbons (Fsp3) is 0.294. The third kappa shape index (κ3) is 3.78. The minimum atomic E-state index is -1.54. The third-order valence-corrected chi connectivity index (χ3v) is 3.82. The van der Waals surface area contributed by atoms with Gasteiger partial charge in [0.25, 0.3) is 0 Å². The van der Waals surface area contributed by atoms with Crippen molar-refractivity contribution >= 4 is 5.97 Å². The number of hydrogen-bond donors (Lipinski definition) is 3. The molecule has 122 valence electrons. The SMILES string of the molecule is CCn1cc(O)c(=O)cc1CC(N)(Cc1ccccc1)C(=O)O. The highest BCUT2D eigenvalue weighted by Gasteiger charge is 2.35. The number of carboxylic acids is 1. The number of hydrogen-bond acceptors (Lipinski definition) is 4. The maximum atomic E-state index is 11.7. The van der Waals surface area contributed by atoms with E-state index in [0.717, 1.165) is 5.56 Å². The molecule has 4 N–H and O–H groups in total. The van der Waals surface area contributed by atoms with Crippen molar-refractivity contribution in [3.05, 3.63) is 64.1 Å². The lowest BCUT2D eigenvalue weighted by atomic mass is 9.87. The van der Waals surface area contributed by atoms with E-state index < -0.39 is 16.9 Å². The molecule has 1 heterocycles. The van der Waals surface area contributed by atoms with E-state index >= 15 is 0 Å². The summed E-state index contributed by atoms with van der Waals surface area (Å²) in [6, 6.07) is 10.4. The largest absolute Gasteiger partial charge is 0.503 e. The first-order chi connectivity index (χ1) is 10.9. The van der Waals surface area contributed by atoms with Crippen molar-refractivity contribution in [3.63, 3.8) is 0 Å². The van der Waals surface area contributed by atoms with Crippen LogP contribution in [0.25, 0.3) is 0 Å². The monoisotopic (exact) mass is 316 g/mol. The average molecular weight is 316 g/mol. The van der Waals surface area contributed by atoms with Crippen LogP contribution >= 0.6 is 0 Å². The summed E-state index contributed by atoms with van der Waals surface area (Å²) < 4.78 is 1.63. The maximum absolute atomic E-state index is 11.7. The zero-order valence-electron chi connectivity index (χ0n) is 12.9. The Morgan fingerprint density at radius 1 is 1.26 bits per heavy atom. The quantitative estimate of drug-likeness (QED) is 0.741. The number of aromatic hydroxyl groups is 1. The van der Waals surface area contributed by atoms with Crippen molar-refractivity contribution in [2.45, 2.75) is 31.8 Å². The number of carboxylic acid groups (broad SMARTS) is 1. The number of nitrogens with zero attached hydrogens (tertiary/aromatic N) is 1. The number of rotatable bonds is 6. The fourth-order valence-corrected chi connectivity index (χ4v) is 2.55. The van der Waals surface area contributed by atoms with Crippen LogP contribution in [0.5, 0.6) is 5.75 Å². The molecule has 0 fully saturated rings. The van der Waals surface area contributed by atoms with Crippen LogP contribution in [0.1, 0.15) is 18.2 Å². The van der Waals surface area contributed by atoms with Gasteiger partial charge in [0.15, 0.2) is 5.75 Å². The van der Waals surface area contributed by atoms with Crippen molar-refractivity contribution < 1.29 is 15.0 Å². The molecule has 0 aliphatic carbocycles. The molecule has 0 bridgehead atoms. The molecule has 6 heteroatoms. The van der Waals surface area contributed by atoms with Gasteiger partial charge in [0.1, 0.15) is 5.54 Å². The highest BCUT2D eigenvalue weighted by atomic mass is 16.4. The number of benzene rings is 1. The van der Waals surface area contributed by atoms with E-state index in [1.165, 1.54) is 12.3 Å².